The number of pyridine rings is 1. The van der Waals surface area contributed by atoms with Crippen LogP contribution in [0.3, 0.4) is 0 Å². The monoisotopic (exact) mass is 297 g/mol. The Labute approximate surface area is 125 Å². The lowest BCUT2D eigenvalue weighted by Gasteiger charge is -2.32. The van der Waals surface area contributed by atoms with E-state index in [1.807, 2.05) is 27.7 Å². The molecule has 116 valence electrons. The number of aryl methyl sites for hydroxylation is 1. The maximum atomic E-state index is 13.9. The van der Waals surface area contributed by atoms with E-state index in [9.17, 15) is 8.78 Å². The van der Waals surface area contributed by atoms with Crippen LogP contribution in [0.1, 0.15) is 52.4 Å². The van der Waals surface area contributed by atoms with Crippen LogP contribution < -0.4 is 5.46 Å². The molecule has 2 rings (SSSR count). The van der Waals surface area contributed by atoms with E-state index in [0.717, 1.165) is 0 Å². The maximum Gasteiger partial charge on any atom is 0.494 e. The molecule has 0 saturated carbocycles. The van der Waals surface area contributed by atoms with Crippen molar-refractivity contribution in [2.75, 3.05) is 0 Å². The van der Waals surface area contributed by atoms with Gasteiger partial charge < -0.3 is 9.31 Å². The Kier molecular flexibility index (Phi) is 3.91. The molecule has 0 amide bonds. The second kappa shape index (κ2) is 5.02. The molecule has 0 unspecified atom stereocenters. The Hall–Kier alpha value is -1.01. The predicted octanol–water partition coefficient (Wildman–Crippen LogP) is 3.19. The third kappa shape index (κ3) is 2.97. The SMILES string of the molecule is CCC(F)(F)c1cc(B2OC(C)(C)C(C)(C)O2)cc(C)n1. The van der Waals surface area contributed by atoms with E-state index in [1.54, 1.807) is 13.0 Å². The minimum absolute atomic E-state index is 0.227. The van der Waals surface area contributed by atoms with Crippen molar-refractivity contribution in [3.63, 3.8) is 0 Å². The maximum absolute atomic E-state index is 13.9. The first-order valence-corrected chi connectivity index (χ1v) is 7.21. The standard InChI is InChI=1S/C15H22BF2NO2/c1-7-15(17,18)12-9-11(8-10(2)19-12)16-20-13(3,4)14(5,6)21-16/h8-9H,7H2,1-6H3. The van der Waals surface area contributed by atoms with Crippen LogP contribution in [0.2, 0.25) is 0 Å². The van der Waals surface area contributed by atoms with Crippen molar-refractivity contribution in [3.8, 4) is 0 Å². The first kappa shape index (κ1) is 16.4. The molecule has 1 aliphatic heterocycles. The Bertz CT molecular complexity index is 530. The average molecular weight is 297 g/mol. The van der Waals surface area contributed by atoms with E-state index in [2.05, 4.69) is 4.98 Å². The van der Waals surface area contributed by atoms with E-state index in [0.29, 0.717) is 11.2 Å². The molecule has 1 aliphatic rings. The fraction of sp³-hybridized carbons (Fsp3) is 0.667. The Balaban J connectivity index is 2.39. The summed E-state index contributed by atoms with van der Waals surface area (Å²) in [6.45, 7) is 10.9. The normalized spacial score (nSPS) is 20.9. The molecular formula is C15H22BF2NO2. The minimum Gasteiger partial charge on any atom is -0.399 e. The smallest absolute Gasteiger partial charge is 0.399 e. The van der Waals surface area contributed by atoms with Crippen molar-refractivity contribution in [2.24, 2.45) is 0 Å². The van der Waals surface area contributed by atoms with Crippen molar-refractivity contribution in [3.05, 3.63) is 23.5 Å². The summed E-state index contributed by atoms with van der Waals surface area (Å²) in [7, 11) is -0.650. The van der Waals surface area contributed by atoms with Gasteiger partial charge in [0.25, 0.3) is 5.92 Å². The molecule has 0 spiro atoms. The Morgan fingerprint density at radius 1 is 1.14 bits per heavy atom. The molecule has 0 aliphatic carbocycles. The van der Waals surface area contributed by atoms with Crippen LogP contribution in [0.4, 0.5) is 8.78 Å². The fourth-order valence-electron chi connectivity index (χ4n) is 2.18. The van der Waals surface area contributed by atoms with Gasteiger partial charge in [-0.05, 0) is 52.2 Å². The van der Waals surface area contributed by atoms with Crippen molar-refractivity contribution in [2.45, 2.75) is 65.1 Å². The summed E-state index contributed by atoms with van der Waals surface area (Å²) < 4.78 is 39.6. The highest BCUT2D eigenvalue weighted by molar-refractivity contribution is 6.62. The molecule has 0 aromatic carbocycles. The number of aromatic nitrogens is 1. The highest BCUT2D eigenvalue weighted by atomic mass is 19.3. The molecule has 0 N–H and O–H groups in total. The summed E-state index contributed by atoms with van der Waals surface area (Å²) in [5, 5.41) is 0. The summed E-state index contributed by atoms with van der Waals surface area (Å²) in [6.07, 6.45) is -0.285. The van der Waals surface area contributed by atoms with Crippen LogP contribution in [0, 0.1) is 6.92 Å². The van der Waals surface area contributed by atoms with Gasteiger partial charge in [-0.25, -0.2) is 0 Å². The number of nitrogens with zero attached hydrogens (tertiary/aromatic N) is 1. The van der Waals surface area contributed by atoms with Gasteiger partial charge in [-0.2, -0.15) is 8.78 Å². The molecule has 6 heteroatoms. The lowest BCUT2D eigenvalue weighted by molar-refractivity contribution is -0.0128. The second-order valence-corrected chi connectivity index (χ2v) is 6.57. The van der Waals surface area contributed by atoms with Gasteiger partial charge in [0, 0.05) is 12.1 Å². The number of hydrogen-bond acceptors (Lipinski definition) is 3. The van der Waals surface area contributed by atoms with Gasteiger partial charge in [0.1, 0.15) is 5.69 Å². The zero-order valence-corrected chi connectivity index (χ0v) is 13.5. The Morgan fingerprint density at radius 2 is 1.67 bits per heavy atom. The van der Waals surface area contributed by atoms with Crippen LogP contribution in [0.15, 0.2) is 12.1 Å². The molecule has 2 heterocycles. The van der Waals surface area contributed by atoms with Crippen LogP contribution in [-0.4, -0.2) is 23.3 Å². The molecule has 3 nitrogen and oxygen atoms in total. The molecule has 1 aromatic rings. The number of hydrogen-bond donors (Lipinski definition) is 0. The van der Waals surface area contributed by atoms with Gasteiger partial charge in [-0.15, -0.1) is 0 Å². The topological polar surface area (TPSA) is 31.4 Å². The summed E-state index contributed by atoms with van der Waals surface area (Å²) in [6, 6.07) is 3.12. The molecule has 0 bridgehead atoms. The van der Waals surface area contributed by atoms with Gasteiger partial charge >= 0.3 is 7.12 Å². The van der Waals surface area contributed by atoms with Crippen molar-refractivity contribution >= 4 is 12.6 Å². The van der Waals surface area contributed by atoms with Gasteiger partial charge in [-0.1, -0.05) is 6.92 Å². The highest BCUT2D eigenvalue weighted by Crippen LogP contribution is 2.37. The average Bonchev–Trinajstić information content (AvgIpc) is 2.58. The van der Waals surface area contributed by atoms with Crippen LogP contribution in [0.5, 0.6) is 0 Å². The molecule has 1 saturated heterocycles. The molecular weight excluding hydrogens is 275 g/mol. The quantitative estimate of drug-likeness (QED) is 0.803. The summed E-state index contributed by atoms with van der Waals surface area (Å²) >= 11 is 0. The molecule has 1 aromatic heterocycles. The van der Waals surface area contributed by atoms with Crippen molar-refractivity contribution in [1.29, 1.82) is 0 Å². The van der Waals surface area contributed by atoms with E-state index in [-0.39, 0.29) is 12.1 Å². The zero-order valence-electron chi connectivity index (χ0n) is 13.5. The second-order valence-electron chi connectivity index (χ2n) is 6.57. The van der Waals surface area contributed by atoms with Crippen molar-refractivity contribution < 1.29 is 18.1 Å². The van der Waals surface area contributed by atoms with Crippen LogP contribution >= 0.6 is 0 Å². The van der Waals surface area contributed by atoms with Crippen molar-refractivity contribution in [1.82, 2.24) is 4.98 Å². The first-order valence-electron chi connectivity index (χ1n) is 7.21. The molecule has 21 heavy (non-hydrogen) atoms. The minimum atomic E-state index is -2.94. The molecule has 0 atom stereocenters. The van der Waals surface area contributed by atoms with Gasteiger partial charge in [0.15, 0.2) is 0 Å². The summed E-state index contributed by atoms with van der Waals surface area (Å²) in [5.41, 5.74) is -0.103. The molecule has 1 fully saturated rings. The summed E-state index contributed by atoms with van der Waals surface area (Å²) in [4.78, 5) is 3.96. The fourth-order valence-corrected chi connectivity index (χ4v) is 2.18. The highest BCUT2D eigenvalue weighted by Gasteiger charge is 2.52. The third-order valence-corrected chi connectivity index (χ3v) is 4.32. The predicted molar refractivity (Wildman–Crippen MR) is 78.9 cm³/mol. The van der Waals surface area contributed by atoms with Gasteiger partial charge in [0.2, 0.25) is 0 Å². The first-order chi connectivity index (χ1) is 9.48. The van der Waals surface area contributed by atoms with Gasteiger partial charge in [0.05, 0.1) is 11.2 Å². The van der Waals surface area contributed by atoms with Gasteiger partial charge in [-0.3, -0.25) is 4.98 Å². The van der Waals surface area contributed by atoms with E-state index < -0.39 is 24.2 Å². The summed E-state index contributed by atoms with van der Waals surface area (Å²) in [5.74, 6) is -2.94. The van der Waals surface area contributed by atoms with E-state index in [1.165, 1.54) is 13.0 Å². The third-order valence-electron chi connectivity index (χ3n) is 4.32. The van der Waals surface area contributed by atoms with E-state index in [4.69, 9.17) is 9.31 Å². The number of rotatable bonds is 3. The number of halogens is 2. The largest absolute Gasteiger partial charge is 0.494 e. The van der Waals surface area contributed by atoms with E-state index >= 15 is 0 Å². The van der Waals surface area contributed by atoms with Crippen LogP contribution in [-0.2, 0) is 15.2 Å². The lowest BCUT2D eigenvalue weighted by Crippen LogP contribution is -2.41. The zero-order chi connectivity index (χ0) is 16.1. The van der Waals surface area contributed by atoms with Crippen LogP contribution in [0.25, 0.3) is 0 Å². The Morgan fingerprint density at radius 3 is 2.14 bits per heavy atom. The lowest BCUT2D eigenvalue weighted by atomic mass is 9.78. The molecule has 0 radical (unpaired) electrons. The number of alkyl halides is 2.